The summed E-state index contributed by atoms with van der Waals surface area (Å²) in [7, 11) is 0. The molecule has 0 aromatic heterocycles. The van der Waals surface area contributed by atoms with E-state index in [-0.39, 0.29) is 17.4 Å². The van der Waals surface area contributed by atoms with Crippen molar-refractivity contribution in [3.05, 3.63) is 32.2 Å². The molecule has 0 unspecified atom stereocenters. The third-order valence-corrected chi connectivity index (χ3v) is 4.30. The van der Waals surface area contributed by atoms with Crippen molar-refractivity contribution in [3.8, 4) is 11.8 Å². The van der Waals surface area contributed by atoms with Gasteiger partial charge in [-0.1, -0.05) is 15.9 Å². The monoisotopic (exact) mass is 428 g/mol. The molecule has 0 aliphatic carbocycles. The number of hydrogen-bond donors (Lipinski definition) is 2. The van der Waals surface area contributed by atoms with Gasteiger partial charge in [0.2, 0.25) is 0 Å². The van der Waals surface area contributed by atoms with Crippen LogP contribution in [0.2, 0.25) is 0 Å². The summed E-state index contributed by atoms with van der Waals surface area (Å²) in [6, 6.07) is 5.16. The van der Waals surface area contributed by atoms with Gasteiger partial charge in [0, 0.05) is 23.2 Å². The predicted molar refractivity (Wildman–Crippen MR) is 89.1 cm³/mol. The van der Waals surface area contributed by atoms with Crippen LogP contribution in [0.1, 0.15) is 18.4 Å². The molecule has 0 saturated carbocycles. The molecule has 116 valence electrons. The number of amides is 1. The summed E-state index contributed by atoms with van der Waals surface area (Å²) >= 11 is 6.51. The van der Waals surface area contributed by atoms with E-state index >= 15 is 0 Å². The molecule has 0 bridgehead atoms. The van der Waals surface area contributed by atoms with Crippen LogP contribution in [0.25, 0.3) is 6.08 Å². The van der Waals surface area contributed by atoms with Crippen LogP contribution in [0.15, 0.2) is 26.7 Å². The Bertz CT molecular complexity index is 647. The lowest BCUT2D eigenvalue weighted by Crippen LogP contribution is -2.32. The van der Waals surface area contributed by atoms with Crippen molar-refractivity contribution >= 4 is 43.8 Å². The molecule has 1 aliphatic rings. The summed E-state index contributed by atoms with van der Waals surface area (Å²) in [6.45, 7) is 1.09. The molecule has 1 aromatic carbocycles. The van der Waals surface area contributed by atoms with Crippen molar-refractivity contribution in [2.24, 2.45) is 0 Å². The zero-order chi connectivity index (χ0) is 16.1. The number of halogens is 2. The Hall–Kier alpha value is -1.36. The second-order valence-corrected chi connectivity index (χ2v) is 6.61. The predicted octanol–water partition coefficient (Wildman–Crippen LogP) is 3.12. The van der Waals surface area contributed by atoms with Gasteiger partial charge in [-0.15, -0.1) is 0 Å². The van der Waals surface area contributed by atoms with E-state index in [0.717, 1.165) is 17.3 Å². The Morgan fingerprint density at radius 1 is 1.55 bits per heavy atom. The number of aromatic hydroxyl groups is 1. The Labute approximate surface area is 145 Å². The van der Waals surface area contributed by atoms with E-state index in [4.69, 9.17) is 10.00 Å². The Morgan fingerprint density at radius 3 is 2.95 bits per heavy atom. The zero-order valence-corrected chi connectivity index (χ0v) is 14.8. The Kier molecular flexibility index (Phi) is 6.00. The number of benzene rings is 1. The minimum absolute atomic E-state index is 0.0114. The first-order chi connectivity index (χ1) is 10.5. The van der Waals surface area contributed by atoms with Gasteiger partial charge in [0.15, 0.2) is 0 Å². The molecule has 7 heteroatoms. The fraction of sp³-hybridized carbons (Fsp3) is 0.333. The molecular weight excluding hydrogens is 416 g/mol. The number of phenols is 1. The maximum atomic E-state index is 12.1. The molecular formula is C15H14Br2N2O3. The lowest BCUT2D eigenvalue weighted by Gasteiger charge is -2.10. The fourth-order valence-electron chi connectivity index (χ4n) is 2.11. The van der Waals surface area contributed by atoms with Crippen molar-refractivity contribution in [1.82, 2.24) is 5.32 Å². The second-order valence-electron chi connectivity index (χ2n) is 4.84. The molecule has 1 heterocycles. The van der Waals surface area contributed by atoms with Crippen molar-refractivity contribution in [2.75, 3.05) is 13.2 Å². The van der Waals surface area contributed by atoms with Crippen LogP contribution >= 0.6 is 31.9 Å². The Morgan fingerprint density at radius 2 is 2.32 bits per heavy atom. The van der Waals surface area contributed by atoms with E-state index in [1.807, 2.05) is 6.07 Å². The highest BCUT2D eigenvalue weighted by Crippen LogP contribution is 2.33. The molecule has 1 aliphatic heterocycles. The number of carbonyl (C=O) groups excluding carboxylic acids is 1. The van der Waals surface area contributed by atoms with Gasteiger partial charge in [0.05, 0.1) is 10.6 Å². The SMILES string of the molecule is N#C/C(=C\c1cc(Br)cc(Br)c1O)C(=O)NC[C@@H]1CCCO1. The summed E-state index contributed by atoms with van der Waals surface area (Å²) in [4.78, 5) is 12.1. The van der Waals surface area contributed by atoms with Gasteiger partial charge in [0.1, 0.15) is 17.4 Å². The number of rotatable bonds is 4. The highest BCUT2D eigenvalue weighted by Gasteiger charge is 2.18. The topological polar surface area (TPSA) is 82.3 Å². The first kappa shape index (κ1) is 17.0. The minimum Gasteiger partial charge on any atom is -0.506 e. The van der Waals surface area contributed by atoms with E-state index in [1.54, 1.807) is 12.1 Å². The van der Waals surface area contributed by atoms with Gasteiger partial charge >= 0.3 is 0 Å². The van der Waals surface area contributed by atoms with E-state index in [0.29, 0.717) is 23.2 Å². The second kappa shape index (κ2) is 7.77. The smallest absolute Gasteiger partial charge is 0.262 e. The minimum atomic E-state index is -0.478. The van der Waals surface area contributed by atoms with Crippen molar-refractivity contribution in [1.29, 1.82) is 5.26 Å². The van der Waals surface area contributed by atoms with E-state index in [9.17, 15) is 9.90 Å². The summed E-state index contributed by atoms with van der Waals surface area (Å²) < 4.78 is 6.62. The third-order valence-electron chi connectivity index (χ3n) is 3.24. The highest BCUT2D eigenvalue weighted by molar-refractivity contribution is 9.11. The molecule has 0 radical (unpaired) electrons. The maximum Gasteiger partial charge on any atom is 0.262 e. The molecule has 1 saturated heterocycles. The first-order valence-electron chi connectivity index (χ1n) is 6.71. The van der Waals surface area contributed by atoms with Crippen LogP contribution in [0.5, 0.6) is 5.75 Å². The molecule has 2 N–H and O–H groups in total. The van der Waals surface area contributed by atoms with Gasteiger partial charge in [0.25, 0.3) is 5.91 Å². The van der Waals surface area contributed by atoms with Crippen molar-refractivity contribution in [3.63, 3.8) is 0 Å². The van der Waals surface area contributed by atoms with Crippen LogP contribution in [0, 0.1) is 11.3 Å². The fourth-order valence-corrected chi connectivity index (χ4v) is 3.37. The molecule has 2 rings (SSSR count). The zero-order valence-electron chi connectivity index (χ0n) is 11.6. The van der Waals surface area contributed by atoms with Crippen LogP contribution in [0.3, 0.4) is 0 Å². The number of hydrogen-bond acceptors (Lipinski definition) is 4. The quantitative estimate of drug-likeness (QED) is 0.569. The van der Waals surface area contributed by atoms with E-state index in [1.165, 1.54) is 6.08 Å². The summed E-state index contributed by atoms with van der Waals surface area (Å²) in [5.74, 6) is -0.503. The number of nitrogens with one attached hydrogen (secondary N) is 1. The first-order valence-corrected chi connectivity index (χ1v) is 8.29. The van der Waals surface area contributed by atoms with Gasteiger partial charge < -0.3 is 15.2 Å². The molecule has 1 aromatic rings. The maximum absolute atomic E-state index is 12.1. The lowest BCUT2D eigenvalue weighted by molar-refractivity contribution is -0.117. The standard InChI is InChI=1S/C15H14Br2N2O3/c16-11-5-9(14(20)13(17)6-11)4-10(7-18)15(21)19-8-12-2-1-3-22-12/h4-6,12,20H,1-3,8H2,(H,19,21)/b10-4+/t12-/m0/s1. The molecule has 1 fully saturated rings. The average Bonchev–Trinajstić information content (AvgIpc) is 3.00. The lowest BCUT2D eigenvalue weighted by atomic mass is 10.1. The largest absolute Gasteiger partial charge is 0.506 e. The van der Waals surface area contributed by atoms with Crippen LogP contribution < -0.4 is 5.32 Å². The molecule has 0 spiro atoms. The molecule has 1 amide bonds. The normalized spacial score (nSPS) is 18.0. The van der Waals surface area contributed by atoms with Gasteiger partial charge in [-0.05, 0) is 47.0 Å². The van der Waals surface area contributed by atoms with E-state index in [2.05, 4.69) is 37.2 Å². The number of nitriles is 1. The number of ether oxygens (including phenoxy) is 1. The van der Waals surface area contributed by atoms with E-state index < -0.39 is 5.91 Å². The number of phenolic OH excluding ortho intramolecular Hbond substituents is 1. The van der Waals surface area contributed by atoms with Crippen LogP contribution in [0.4, 0.5) is 0 Å². The van der Waals surface area contributed by atoms with Gasteiger partial charge in [-0.3, -0.25) is 4.79 Å². The Balaban J connectivity index is 2.13. The van der Waals surface area contributed by atoms with Gasteiger partial charge in [-0.2, -0.15) is 5.26 Å². The van der Waals surface area contributed by atoms with Crippen molar-refractivity contribution in [2.45, 2.75) is 18.9 Å². The highest BCUT2D eigenvalue weighted by atomic mass is 79.9. The van der Waals surface area contributed by atoms with Gasteiger partial charge in [-0.25, -0.2) is 0 Å². The van der Waals surface area contributed by atoms with Crippen LogP contribution in [-0.2, 0) is 9.53 Å². The van der Waals surface area contributed by atoms with Crippen LogP contribution in [-0.4, -0.2) is 30.3 Å². The average molecular weight is 430 g/mol. The summed E-state index contributed by atoms with van der Waals surface area (Å²) in [6.07, 6.45) is 3.26. The number of carbonyl (C=O) groups is 1. The summed E-state index contributed by atoms with van der Waals surface area (Å²) in [5, 5.41) is 21.8. The molecule has 5 nitrogen and oxygen atoms in total. The molecule has 1 atom stereocenters. The third kappa shape index (κ3) is 4.32. The molecule has 22 heavy (non-hydrogen) atoms. The number of nitrogens with zero attached hydrogens (tertiary/aromatic N) is 1. The summed E-state index contributed by atoms with van der Waals surface area (Å²) in [5.41, 5.74) is 0.309. The van der Waals surface area contributed by atoms with Crippen molar-refractivity contribution < 1.29 is 14.6 Å².